The van der Waals surface area contributed by atoms with E-state index in [9.17, 15) is 13.2 Å². The number of aromatic nitrogens is 1. The number of hydrogen-bond donors (Lipinski definition) is 2. The third kappa shape index (κ3) is 4.99. The van der Waals surface area contributed by atoms with Crippen LogP contribution >= 0.6 is 0 Å². The van der Waals surface area contributed by atoms with Gasteiger partial charge in [0.25, 0.3) is 5.91 Å². The molecule has 0 fully saturated rings. The summed E-state index contributed by atoms with van der Waals surface area (Å²) in [7, 11) is -3.85. The first-order valence-corrected chi connectivity index (χ1v) is 9.57. The van der Waals surface area contributed by atoms with E-state index in [4.69, 9.17) is 5.14 Å². The lowest BCUT2D eigenvalue weighted by molar-refractivity contribution is 0.0886. The van der Waals surface area contributed by atoms with Crippen molar-refractivity contribution < 1.29 is 13.2 Å². The van der Waals surface area contributed by atoms with Crippen molar-refractivity contribution in [2.75, 3.05) is 0 Å². The Morgan fingerprint density at radius 3 is 2.40 bits per heavy atom. The molecular weight excluding hydrogens is 338 g/mol. The molecule has 136 valence electrons. The van der Waals surface area contributed by atoms with Crippen LogP contribution in [0.4, 0.5) is 0 Å². The molecule has 0 bridgehead atoms. The fourth-order valence-corrected chi connectivity index (χ4v) is 4.00. The molecule has 6 nitrogen and oxygen atoms in total. The first kappa shape index (κ1) is 19.3. The number of primary sulfonamides is 1. The van der Waals surface area contributed by atoms with Gasteiger partial charge in [-0.2, -0.15) is 0 Å². The molecule has 1 aromatic carbocycles. The Balaban J connectivity index is 2.35. The predicted molar refractivity (Wildman–Crippen MR) is 98.7 cm³/mol. The summed E-state index contributed by atoms with van der Waals surface area (Å²) in [6.45, 7) is 10.3. The summed E-state index contributed by atoms with van der Waals surface area (Å²) in [6.07, 6.45) is 2.18. The molecule has 0 saturated carbocycles. The van der Waals surface area contributed by atoms with Crippen molar-refractivity contribution in [3.8, 4) is 0 Å². The van der Waals surface area contributed by atoms with Gasteiger partial charge in [-0.3, -0.25) is 9.78 Å². The molecule has 0 aliphatic carbocycles. The van der Waals surface area contributed by atoms with Gasteiger partial charge >= 0.3 is 0 Å². The normalized spacial score (nSPS) is 13.0. The fourth-order valence-electron chi connectivity index (χ4n) is 3.26. The lowest BCUT2D eigenvalue weighted by atomic mass is 9.82. The summed E-state index contributed by atoms with van der Waals surface area (Å²) in [4.78, 5) is 16.7. The second-order valence-electron chi connectivity index (χ2n) is 8.17. The van der Waals surface area contributed by atoms with Crippen LogP contribution < -0.4 is 10.5 Å². The van der Waals surface area contributed by atoms with Crippen LogP contribution in [0.5, 0.6) is 0 Å². The zero-order chi connectivity index (χ0) is 19.0. The number of hydrogen-bond acceptors (Lipinski definition) is 4. The van der Waals surface area contributed by atoms with Crippen LogP contribution in [0.2, 0.25) is 0 Å². The summed E-state index contributed by atoms with van der Waals surface area (Å²) < 4.78 is 23.3. The minimum absolute atomic E-state index is 0.00230. The van der Waals surface area contributed by atoms with Crippen LogP contribution in [-0.4, -0.2) is 24.8 Å². The van der Waals surface area contributed by atoms with Gasteiger partial charge in [0.1, 0.15) is 5.69 Å². The average Bonchev–Trinajstić information content (AvgIpc) is 2.41. The van der Waals surface area contributed by atoms with E-state index in [0.29, 0.717) is 10.8 Å². The highest BCUT2D eigenvalue weighted by molar-refractivity contribution is 7.89. The Kier molecular flexibility index (Phi) is 4.94. The summed E-state index contributed by atoms with van der Waals surface area (Å²) in [6, 6.07) is 6.31. The van der Waals surface area contributed by atoms with E-state index in [1.807, 2.05) is 13.8 Å². The van der Waals surface area contributed by atoms with Gasteiger partial charge in [0.15, 0.2) is 0 Å². The number of fused-ring (bicyclic) bond motifs is 1. The molecular formula is C18H25N3O3S. The van der Waals surface area contributed by atoms with Crippen molar-refractivity contribution in [1.82, 2.24) is 10.3 Å². The summed E-state index contributed by atoms with van der Waals surface area (Å²) in [5, 5.41) is 9.22. The number of nitrogens with two attached hydrogens (primary N) is 1. The molecule has 0 unspecified atom stereocenters. The third-order valence-electron chi connectivity index (χ3n) is 3.69. The van der Waals surface area contributed by atoms with Crippen LogP contribution in [-0.2, 0) is 10.0 Å². The van der Waals surface area contributed by atoms with E-state index in [2.05, 4.69) is 31.1 Å². The molecule has 0 radical (unpaired) electrons. The molecule has 1 aromatic heterocycles. The number of benzene rings is 1. The smallest absolute Gasteiger partial charge is 0.270 e. The van der Waals surface area contributed by atoms with Crippen LogP contribution in [0.15, 0.2) is 35.4 Å². The maximum atomic E-state index is 12.6. The molecule has 0 saturated heterocycles. The molecule has 2 rings (SSSR count). The Morgan fingerprint density at radius 2 is 1.84 bits per heavy atom. The highest BCUT2D eigenvalue weighted by atomic mass is 32.2. The summed E-state index contributed by atoms with van der Waals surface area (Å²) >= 11 is 0. The Hall–Kier alpha value is -1.99. The highest BCUT2D eigenvalue weighted by Crippen LogP contribution is 2.27. The zero-order valence-corrected chi connectivity index (χ0v) is 16.1. The van der Waals surface area contributed by atoms with Crippen molar-refractivity contribution in [3.05, 3.63) is 36.2 Å². The van der Waals surface area contributed by atoms with E-state index < -0.39 is 15.6 Å². The van der Waals surface area contributed by atoms with Gasteiger partial charge in [-0.25, -0.2) is 13.6 Å². The molecule has 2 aromatic rings. The van der Waals surface area contributed by atoms with Crippen molar-refractivity contribution in [2.24, 2.45) is 10.6 Å². The summed E-state index contributed by atoms with van der Waals surface area (Å²) in [5.74, 6) is -0.294. The first-order chi connectivity index (χ1) is 11.3. The molecule has 0 aliphatic heterocycles. The second-order valence-corrected chi connectivity index (χ2v) is 9.70. The lowest BCUT2D eigenvalue weighted by Crippen LogP contribution is -2.46. The van der Waals surface area contributed by atoms with Gasteiger partial charge in [-0.05, 0) is 43.2 Å². The highest BCUT2D eigenvalue weighted by Gasteiger charge is 2.28. The van der Waals surface area contributed by atoms with E-state index in [1.165, 1.54) is 12.3 Å². The average molecular weight is 363 g/mol. The molecule has 3 N–H and O–H groups in total. The number of carbonyl (C=O) groups is 1. The Bertz CT molecular complexity index is 913. The standard InChI is InChI=1S/C18H25N3O3S/c1-17(2,3)11-18(4,5)21-16(22)14-9-12-7-6-8-15(25(19,23)24)13(12)10-20-14/h6-10H,11H2,1-5H3,(H,21,22)(H2,19,23,24). The van der Waals surface area contributed by atoms with Gasteiger partial charge in [0.2, 0.25) is 10.0 Å². The quantitative estimate of drug-likeness (QED) is 0.872. The number of pyridine rings is 1. The minimum Gasteiger partial charge on any atom is -0.346 e. The monoisotopic (exact) mass is 363 g/mol. The van der Waals surface area contributed by atoms with Gasteiger partial charge in [0, 0.05) is 17.1 Å². The van der Waals surface area contributed by atoms with E-state index >= 15 is 0 Å². The first-order valence-electron chi connectivity index (χ1n) is 8.03. The topological polar surface area (TPSA) is 102 Å². The maximum Gasteiger partial charge on any atom is 0.270 e. The number of nitrogens with one attached hydrogen (secondary N) is 1. The number of nitrogens with zero attached hydrogens (tertiary/aromatic N) is 1. The molecule has 0 aliphatic rings. The van der Waals surface area contributed by atoms with Crippen molar-refractivity contribution in [2.45, 2.75) is 51.5 Å². The molecule has 0 atom stereocenters. The maximum absolute atomic E-state index is 12.6. The largest absolute Gasteiger partial charge is 0.346 e. The van der Waals surface area contributed by atoms with E-state index in [1.54, 1.807) is 18.2 Å². The lowest BCUT2D eigenvalue weighted by Gasteiger charge is -2.33. The van der Waals surface area contributed by atoms with Gasteiger partial charge in [-0.15, -0.1) is 0 Å². The molecule has 0 spiro atoms. The van der Waals surface area contributed by atoms with Crippen molar-refractivity contribution in [3.63, 3.8) is 0 Å². The van der Waals surface area contributed by atoms with Gasteiger partial charge < -0.3 is 5.32 Å². The number of amides is 1. The molecule has 25 heavy (non-hydrogen) atoms. The number of rotatable bonds is 4. The van der Waals surface area contributed by atoms with Crippen LogP contribution in [0.1, 0.15) is 51.5 Å². The van der Waals surface area contributed by atoms with Crippen molar-refractivity contribution >= 4 is 26.7 Å². The van der Waals surface area contributed by atoms with Crippen LogP contribution in [0, 0.1) is 5.41 Å². The second kappa shape index (κ2) is 6.38. The summed E-state index contributed by atoms with van der Waals surface area (Å²) in [5.41, 5.74) is -0.0899. The van der Waals surface area contributed by atoms with E-state index in [-0.39, 0.29) is 21.9 Å². The van der Waals surface area contributed by atoms with Crippen molar-refractivity contribution in [1.29, 1.82) is 0 Å². The predicted octanol–water partition coefficient (Wildman–Crippen LogP) is 2.83. The van der Waals surface area contributed by atoms with Gasteiger partial charge in [0.05, 0.1) is 4.90 Å². The van der Waals surface area contributed by atoms with Crippen LogP contribution in [0.25, 0.3) is 10.8 Å². The van der Waals surface area contributed by atoms with Gasteiger partial charge in [-0.1, -0.05) is 32.9 Å². The number of carbonyl (C=O) groups excluding carboxylic acids is 1. The number of sulfonamides is 1. The Morgan fingerprint density at radius 1 is 1.20 bits per heavy atom. The minimum atomic E-state index is -3.85. The van der Waals surface area contributed by atoms with Crippen LogP contribution in [0.3, 0.4) is 0 Å². The Labute approximate surface area is 148 Å². The van der Waals surface area contributed by atoms with E-state index in [0.717, 1.165) is 6.42 Å². The fraction of sp³-hybridized carbons (Fsp3) is 0.444. The molecule has 1 heterocycles. The SMILES string of the molecule is CC(C)(C)CC(C)(C)NC(=O)c1cc2cccc(S(N)(=O)=O)c2cn1. The third-order valence-corrected chi connectivity index (χ3v) is 4.66. The zero-order valence-electron chi connectivity index (χ0n) is 15.3. The molecule has 7 heteroatoms. The molecule has 1 amide bonds.